The predicted octanol–water partition coefficient (Wildman–Crippen LogP) is 4.23. The third-order valence-electron chi connectivity index (χ3n) is 4.10. The molecule has 1 unspecified atom stereocenters. The molecule has 2 aromatic rings. The van der Waals surface area contributed by atoms with Crippen LogP contribution in [0.1, 0.15) is 38.6 Å². The van der Waals surface area contributed by atoms with Gasteiger partial charge < -0.3 is 10.6 Å². The summed E-state index contributed by atoms with van der Waals surface area (Å²) >= 11 is 1.06. The van der Waals surface area contributed by atoms with Crippen LogP contribution in [0.25, 0.3) is 0 Å². The second kappa shape index (κ2) is 7.66. The van der Waals surface area contributed by atoms with E-state index in [2.05, 4.69) is 20.6 Å². The number of nitrogens with one attached hydrogen (secondary N) is 2. The van der Waals surface area contributed by atoms with E-state index < -0.39 is 28.8 Å². The maximum atomic E-state index is 12.8. The van der Waals surface area contributed by atoms with Crippen molar-refractivity contribution in [2.75, 3.05) is 10.6 Å². The maximum Gasteiger partial charge on any atom is 0.416 e. The standard InChI is InChI=1S/C19H19F3N4O2S/c1-18(2,3)17-23-8-11(9-24-17)25-15(27)7-14-16(28)26-12-6-10(19(20,21)22)4-5-13(12)29-14/h4-6,8-9,14H,7H2,1-3H3,(H,25,27)(H,26,28). The molecule has 0 fully saturated rings. The van der Waals surface area contributed by atoms with Crippen molar-refractivity contribution in [3.63, 3.8) is 0 Å². The third-order valence-corrected chi connectivity index (χ3v) is 5.38. The number of amides is 2. The first-order valence-corrected chi connectivity index (χ1v) is 9.62. The van der Waals surface area contributed by atoms with E-state index in [1.165, 1.54) is 18.5 Å². The number of aromatic nitrogens is 2. The van der Waals surface area contributed by atoms with Crippen LogP contribution in [0.4, 0.5) is 24.5 Å². The lowest BCUT2D eigenvalue weighted by molar-refractivity contribution is -0.137. The van der Waals surface area contributed by atoms with Crippen LogP contribution in [0.15, 0.2) is 35.5 Å². The molecule has 0 radical (unpaired) electrons. The number of thioether (sulfide) groups is 1. The van der Waals surface area contributed by atoms with Gasteiger partial charge in [-0.15, -0.1) is 11.8 Å². The molecule has 29 heavy (non-hydrogen) atoms. The van der Waals surface area contributed by atoms with Gasteiger partial charge in [0.2, 0.25) is 11.8 Å². The van der Waals surface area contributed by atoms with Crippen LogP contribution in [-0.2, 0) is 21.2 Å². The van der Waals surface area contributed by atoms with Crippen LogP contribution in [0.2, 0.25) is 0 Å². The van der Waals surface area contributed by atoms with Crippen LogP contribution in [-0.4, -0.2) is 27.0 Å². The number of anilines is 2. The average molecular weight is 424 g/mol. The first-order valence-electron chi connectivity index (χ1n) is 8.74. The van der Waals surface area contributed by atoms with Crippen molar-refractivity contribution in [2.24, 2.45) is 0 Å². The second-order valence-corrected chi connectivity index (χ2v) is 8.85. The average Bonchev–Trinajstić information content (AvgIpc) is 2.60. The van der Waals surface area contributed by atoms with Gasteiger partial charge in [-0.1, -0.05) is 20.8 Å². The summed E-state index contributed by atoms with van der Waals surface area (Å²) < 4.78 is 38.5. The minimum absolute atomic E-state index is 0.0950. The molecular weight excluding hydrogens is 405 g/mol. The van der Waals surface area contributed by atoms with Crippen molar-refractivity contribution in [3.05, 3.63) is 42.0 Å². The van der Waals surface area contributed by atoms with Gasteiger partial charge in [0, 0.05) is 16.7 Å². The van der Waals surface area contributed by atoms with E-state index in [0.717, 1.165) is 23.9 Å². The summed E-state index contributed by atoms with van der Waals surface area (Å²) in [6, 6.07) is 3.14. The quantitative estimate of drug-likeness (QED) is 0.770. The largest absolute Gasteiger partial charge is 0.416 e. The SMILES string of the molecule is CC(C)(C)c1ncc(NC(=O)CC2Sc3ccc(C(F)(F)F)cc3NC2=O)cn1. The smallest absolute Gasteiger partial charge is 0.324 e. The Labute approximate surface area is 169 Å². The number of fused-ring (bicyclic) bond motifs is 1. The second-order valence-electron chi connectivity index (χ2n) is 7.60. The van der Waals surface area contributed by atoms with Crippen LogP contribution in [0, 0.1) is 0 Å². The van der Waals surface area contributed by atoms with Crippen LogP contribution in [0.3, 0.4) is 0 Å². The number of hydrogen-bond donors (Lipinski definition) is 2. The van der Waals surface area contributed by atoms with Gasteiger partial charge in [-0.2, -0.15) is 13.2 Å². The highest BCUT2D eigenvalue weighted by atomic mass is 32.2. The summed E-state index contributed by atoms with van der Waals surface area (Å²) in [5.41, 5.74) is -0.567. The van der Waals surface area contributed by atoms with Gasteiger partial charge in [-0.25, -0.2) is 9.97 Å². The van der Waals surface area contributed by atoms with Crippen molar-refractivity contribution in [2.45, 2.75) is 48.9 Å². The highest BCUT2D eigenvalue weighted by molar-refractivity contribution is 8.01. The van der Waals surface area contributed by atoms with Gasteiger partial charge >= 0.3 is 6.18 Å². The van der Waals surface area contributed by atoms with Gasteiger partial charge in [0.1, 0.15) is 5.82 Å². The fourth-order valence-electron chi connectivity index (χ4n) is 2.62. The molecule has 1 aromatic heterocycles. The predicted molar refractivity (Wildman–Crippen MR) is 104 cm³/mol. The fourth-order valence-corrected chi connectivity index (χ4v) is 3.71. The molecule has 2 N–H and O–H groups in total. The van der Waals surface area contributed by atoms with E-state index in [1.807, 2.05) is 20.8 Å². The van der Waals surface area contributed by atoms with Crippen LogP contribution in [0.5, 0.6) is 0 Å². The summed E-state index contributed by atoms with van der Waals surface area (Å²) in [6.07, 6.45) is -1.65. The topological polar surface area (TPSA) is 84.0 Å². The van der Waals surface area contributed by atoms with E-state index in [0.29, 0.717) is 16.4 Å². The van der Waals surface area contributed by atoms with Crippen molar-refractivity contribution in [3.8, 4) is 0 Å². The normalized spacial score (nSPS) is 16.8. The zero-order chi connectivity index (χ0) is 21.4. The number of halogens is 3. The lowest BCUT2D eigenvalue weighted by atomic mass is 9.96. The molecule has 0 saturated carbocycles. The highest BCUT2D eigenvalue weighted by Gasteiger charge is 2.34. The minimum Gasteiger partial charge on any atom is -0.324 e. The summed E-state index contributed by atoms with van der Waals surface area (Å²) in [6.45, 7) is 5.90. The first kappa shape index (κ1) is 21.1. The molecule has 1 aliphatic heterocycles. The molecule has 10 heteroatoms. The zero-order valence-electron chi connectivity index (χ0n) is 15.9. The Morgan fingerprint density at radius 1 is 1.21 bits per heavy atom. The summed E-state index contributed by atoms with van der Waals surface area (Å²) in [5, 5.41) is 4.33. The molecular formula is C19H19F3N4O2S. The Balaban J connectivity index is 1.65. The van der Waals surface area contributed by atoms with Crippen LogP contribution >= 0.6 is 11.8 Å². The third kappa shape index (κ3) is 5.06. The fraction of sp³-hybridized carbons (Fsp3) is 0.368. The Morgan fingerprint density at radius 3 is 2.45 bits per heavy atom. The summed E-state index contributed by atoms with van der Waals surface area (Å²) in [4.78, 5) is 33.5. The molecule has 1 aliphatic rings. The Morgan fingerprint density at radius 2 is 1.86 bits per heavy atom. The van der Waals surface area contributed by atoms with E-state index in [9.17, 15) is 22.8 Å². The van der Waals surface area contributed by atoms with E-state index in [-0.39, 0.29) is 17.5 Å². The minimum atomic E-state index is -4.49. The van der Waals surface area contributed by atoms with Gasteiger partial charge in [-0.3, -0.25) is 9.59 Å². The summed E-state index contributed by atoms with van der Waals surface area (Å²) in [7, 11) is 0. The molecule has 0 spiro atoms. The molecule has 154 valence electrons. The lowest BCUT2D eigenvalue weighted by Gasteiger charge is -2.24. The Hall–Kier alpha value is -2.62. The first-order chi connectivity index (χ1) is 13.4. The summed E-state index contributed by atoms with van der Waals surface area (Å²) in [5.74, 6) is -0.302. The van der Waals surface area contributed by atoms with Gasteiger partial charge in [0.15, 0.2) is 0 Å². The number of carbonyl (C=O) groups is 2. The van der Waals surface area contributed by atoms with Crippen molar-refractivity contribution in [1.29, 1.82) is 0 Å². The van der Waals surface area contributed by atoms with E-state index in [1.54, 1.807) is 0 Å². The Kier molecular flexibility index (Phi) is 5.57. The van der Waals surface area contributed by atoms with Crippen molar-refractivity contribution < 1.29 is 22.8 Å². The molecule has 3 rings (SSSR count). The van der Waals surface area contributed by atoms with Gasteiger partial charge in [0.25, 0.3) is 0 Å². The number of rotatable bonds is 3. The number of carbonyl (C=O) groups excluding carboxylic acids is 2. The molecule has 2 heterocycles. The van der Waals surface area contributed by atoms with Crippen molar-refractivity contribution in [1.82, 2.24) is 9.97 Å². The van der Waals surface area contributed by atoms with E-state index >= 15 is 0 Å². The van der Waals surface area contributed by atoms with Crippen molar-refractivity contribution >= 4 is 35.0 Å². The molecule has 1 atom stereocenters. The lowest BCUT2D eigenvalue weighted by Crippen LogP contribution is -2.32. The molecule has 2 amide bonds. The van der Waals surface area contributed by atoms with Crippen LogP contribution < -0.4 is 10.6 Å². The number of alkyl halides is 3. The molecule has 0 saturated heterocycles. The molecule has 6 nitrogen and oxygen atoms in total. The monoisotopic (exact) mass is 424 g/mol. The molecule has 0 bridgehead atoms. The highest BCUT2D eigenvalue weighted by Crippen LogP contribution is 2.40. The number of nitrogens with zero attached hydrogens (tertiary/aromatic N) is 2. The molecule has 0 aliphatic carbocycles. The number of benzene rings is 1. The molecule has 1 aromatic carbocycles. The van der Waals surface area contributed by atoms with Gasteiger partial charge in [0.05, 0.1) is 34.6 Å². The number of hydrogen-bond acceptors (Lipinski definition) is 5. The Bertz CT molecular complexity index is 940. The zero-order valence-corrected chi connectivity index (χ0v) is 16.7. The van der Waals surface area contributed by atoms with Gasteiger partial charge in [-0.05, 0) is 18.2 Å². The van der Waals surface area contributed by atoms with E-state index in [4.69, 9.17) is 0 Å². The maximum absolute atomic E-state index is 12.8.